The number of nitrogens with one attached hydrogen (secondary N) is 2. The van der Waals surface area contributed by atoms with Crippen LogP contribution in [0.25, 0.3) is 0 Å². The van der Waals surface area contributed by atoms with Crippen molar-refractivity contribution in [2.24, 2.45) is 5.41 Å². The minimum Gasteiger partial charge on any atom is -0.355 e. The van der Waals surface area contributed by atoms with Crippen LogP contribution >= 0.6 is 0 Å². The first-order valence-corrected chi connectivity index (χ1v) is 6.39. The lowest BCUT2D eigenvalue weighted by Gasteiger charge is -2.16. The third-order valence-corrected chi connectivity index (χ3v) is 2.86. The fourth-order valence-corrected chi connectivity index (χ4v) is 1.47. The summed E-state index contributed by atoms with van der Waals surface area (Å²) in [4.78, 5) is 35.2. The third kappa shape index (κ3) is 4.19. The summed E-state index contributed by atoms with van der Waals surface area (Å²) in [7, 11) is 1.52. The molecule has 20 heavy (non-hydrogen) atoms. The lowest BCUT2D eigenvalue weighted by atomic mass is 9.91. The van der Waals surface area contributed by atoms with Gasteiger partial charge in [-0.15, -0.1) is 0 Å². The first-order chi connectivity index (χ1) is 9.25. The molecule has 0 saturated heterocycles. The van der Waals surface area contributed by atoms with E-state index in [2.05, 4.69) is 10.6 Å². The van der Waals surface area contributed by atoms with Crippen LogP contribution < -0.4 is 10.6 Å². The lowest BCUT2D eigenvalue weighted by Crippen LogP contribution is -2.35. The first kappa shape index (κ1) is 15.9. The minimum atomic E-state index is -0.489. The van der Waals surface area contributed by atoms with Crippen molar-refractivity contribution in [3.8, 4) is 0 Å². The molecule has 1 aromatic rings. The summed E-state index contributed by atoms with van der Waals surface area (Å²) in [5, 5.41) is 5.06. The van der Waals surface area contributed by atoms with Gasteiger partial charge in [-0.25, -0.2) is 0 Å². The zero-order chi connectivity index (χ0) is 15.3. The van der Waals surface area contributed by atoms with E-state index >= 15 is 0 Å². The Labute approximate surface area is 118 Å². The van der Waals surface area contributed by atoms with Crippen LogP contribution in [0.3, 0.4) is 0 Å². The van der Waals surface area contributed by atoms with Crippen molar-refractivity contribution in [1.29, 1.82) is 0 Å². The summed E-state index contributed by atoms with van der Waals surface area (Å²) in [5.41, 5.74) is 0.270. The highest BCUT2D eigenvalue weighted by Gasteiger charge is 2.21. The molecule has 0 fully saturated rings. The number of hydrogen-bond donors (Lipinski definition) is 2. The molecule has 0 spiro atoms. The topological polar surface area (TPSA) is 75.3 Å². The van der Waals surface area contributed by atoms with Gasteiger partial charge in [-0.05, 0) is 18.2 Å². The van der Waals surface area contributed by atoms with Gasteiger partial charge in [0.2, 0.25) is 0 Å². The Morgan fingerprint density at radius 2 is 1.60 bits per heavy atom. The predicted molar refractivity (Wildman–Crippen MR) is 76.6 cm³/mol. The zero-order valence-electron chi connectivity index (χ0n) is 12.2. The molecule has 0 bridgehead atoms. The smallest absolute Gasteiger partial charge is 0.251 e. The molecule has 0 unspecified atom stereocenters. The van der Waals surface area contributed by atoms with Crippen molar-refractivity contribution in [1.82, 2.24) is 10.6 Å². The van der Waals surface area contributed by atoms with Crippen LogP contribution in [0.1, 0.15) is 41.5 Å². The van der Waals surface area contributed by atoms with Gasteiger partial charge < -0.3 is 10.6 Å². The molecule has 0 saturated carbocycles. The number of carbonyl (C=O) groups is 3. The molecule has 0 heterocycles. The van der Waals surface area contributed by atoms with Gasteiger partial charge in [0.25, 0.3) is 11.8 Å². The lowest BCUT2D eigenvalue weighted by molar-refractivity contribution is -0.125. The van der Waals surface area contributed by atoms with E-state index in [0.29, 0.717) is 11.1 Å². The Kier molecular flexibility index (Phi) is 5.02. The van der Waals surface area contributed by atoms with Crippen molar-refractivity contribution >= 4 is 17.6 Å². The number of benzene rings is 1. The maximum atomic E-state index is 11.9. The summed E-state index contributed by atoms with van der Waals surface area (Å²) in [6.07, 6.45) is 0. The highest BCUT2D eigenvalue weighted by Crippen LogP contribution is 2.13. The first-order valence-electron chi connectivity index (χ1n) is 6.39. The van der Waals surface area contributed by atoms with Gasteiger partial charge in [-0.1, -0.05) is 26.8 Å². The Morgan fingerprint density at radius 3 is 2.10 bits per heavy atom. The molecule has 5 heteroatoms. The Hall–Kier alpha value is -2.17. The maximum Gasteiger partial charge on any atom is 0.251 e. The highest BCUT2D eigenvalue weighted by atomic mass is 16.2. The van der Waals surface area contributed by atoms with E-state index in [9.17, 15) is 14.4 Å². The van der Waals surface area contributed by atoms with Crippen LogP contribution in [0.15, 0.2) is 24.3 Å². The standard InChI is InChI=1S/C15H20N2O3/c1-15(2,3)12(18)9-17-14(20)11-7-5-6-10(8-11)13(19)16-4/h5-8H,9H2,1-4H3,(H,16,19)(H,17,20). The molecule has 1 aromatic carbocycles. The van der Waals surface area contributed by atoms with E-state index in [0.717, 1.165) is 0 Å². The van der Waals surface area contributed by atoms with Gasteiger partial charge in [0.15, 0.2) is 5.78 Å². The van der Waals surface area contributed by atoms with Gasteiger partial charge >= 0.3 is 0 Å². The quantitative estimate of drug-likeness (QED) is 0.872. The van der Waals surface area contributed by atoms with Crippen LogP contribution in [0.5, 0.6) is 0 Å². The third-order valence-electron chi connectivity index (χ3n) is 2.86. The zero-order valence-corrected chi connectivity index (χ0v) is 12.2. The molecule has 0 aromatic heterocycles. The summed E-state index contributed by atoms with van der Waals surface area (Å²) >= 11 is 0. The molecule has 5 nitrogen and oxygen atoms in total. The Morgan fingerprint density at radius 1 is 1.05 bits per heavy atom. The molecule has 1 rings (SSSR count). The van der Waals surface area contributed by atoms with Crippen molar-refractivity contribution in [2.75, 3.05) is 13.6 Å². The molecular weight excluding hydrogens is 256 g/mol. The van der Waals surface area contributed by atoms with E-state index in [1.165, 1.54) is 13.1 Å². The van der Waals surface area contributed by atoms with E-state index in [1.54, 1.807) is 39.0 Å². The van der Waals surface area contributed by atoms with E-state index in [1.807, 2.05) is 0 Å². The molecule has 2 N–H and O–H groups in total. The molecule has 0 atom stereocenters. The largest absolute Gasteiger partial charge is 0.355 e. The highest BCUT2D eigenvalue weighted by molar-refractivity contribution is 6.01. The maximum absolute atomic E-state index is 11.9. The average Bonchev–Trinajstić information content (AvgIpc) is 2.42. The number of Topliss-reactive ketones (excluding diaryl/α,β-unsaturated/α-hetero) is 1. The van der Waals surface area contributed by atoms with Crippen LogP contribution in [0.2, 0.25) is 0 Å². The number of rotatable bonds is 4. The van der Waals surface area contributed by atoms with E-state index in [-0.39, 0.29) is 24.1 Å². The second kappa shape index (κ2) is 6.32. The average molecular weight is 276 g/mol. The number of amides is 2. The molecule has 0 radical (unpaired) electrons. The summed E-state index contributed by atoms with van der Waals surface area (Å²) in [6.45, 7) is 5.38. The van der Waals surface area contributed by atoms with Crippen molar-refractivity contribution in [3.63, 3.8) is 0 Å². The Bertz CT molecular complexity index is 530. The van der Waals surface area contributed by atoms with Gasteiger partial charge in [0, 0.05) is 23.6 Å². The second-order valence-corrected chi connectivity index (χ2v) is 5.52. The summed E-state index contributed by atoms with van der Waals surface area (Å²) in [5.74, 6) is -0.674. The second-order valence-electron chi connectivity index (χ2n) is 5.52. The van der Waals surface area contributed by atoms with Crippen LogP contribution in [-0.4, -0.2) is 31.2 Å². The fraction of sp³-hybridized carbons (Fsp3) is 0.400. The van der Waals surface area contributed by atoms with Gasteiger partial charge in [-0.3, -0.25) is 14.4 Å². The molecule has 0 aliphatic heterocycles. The monoisotopic (exact) mass is 276 g/mol. The number of carbonyl (C=O) groups excluding carboxylic acids is 3. The van der Waals surface area contributed by atoms with Gasteiger partial charge in [-0.2, -0.15) is 0 Å². The van der Waals surface area contributed by atoms with Crippen LogP contribution in [-0.2, 0) is 4.79 Å². The number of hydrogen-bond acceptors (Lipinski definition) is 3. The predicted octanol–water partition coefficient (Wildman–Crippen LogP) is 1.39. The van der Waals surface area contributed by atoms with E-state index in [4.69, 9.17) is 0 Å². The van der Waals surface area contributed by atoms with Crippen molar-refractivity contribution in [3.05, 3.63) is 35.4 Å². The van der Waals surface area contributed by atoms with Gasteiger partial charge in [0.1, 0.15) is 0 Å². The Balaban J connectivity index is 2.74. The van der Waals surface area contributed by atoms with Crippen LogP contribution in [0.4, 0.5) is 0 Å². The van der Waals surface area contributed by atoms with Crippen molar-refractivity contribution < 1.29 is 14.4 Å². The summed E-state index contributed by atoms with van der Waals surface area (Å²) < 4.78 is 0. The van der Waals surface area contributed by atoms with Crippen molar-refractivity contribution in [2.45, 2.75) is 20.8 Å². The molecular formula is C15H20N2O3. The summed E-state index contributed by atoms with van der Waals surface area (Å²) in [6, 6.07) is 6.35. The molecule has 2 amide bonds. The van der Waals surface area contributed by atoms with Crippen LogP contribution in [0, 0.1) is 5.41 Å². The molecule has 0 aliphatic carbocycles. The number of ketones is 1. The SMILES string of the molecule is CNC(=O)c1cccc(C(=O)NCC(=O)C(C)(C)C)c1. The minimum absolute atomic E-state index is 0.0213. The normalized spacial score (nSPS) is 10.8. The van der Waals surface area contributed by atoms with E-state index < -0.39 is 5.41 Å². The molecule has 0 aliphatic rings. The van der Waals surface area contributed by atoms with Gasteiger partial charge in [0.05, 0.1) is 6.54 Å². The molecule has 108 valence electrons. The fourth-order valence-electron chi connectivity index (χ4n) is 1.47.